The Labute approximate surface area is 109 Å². The molecule has 6 nitrogen and oxygen atoms in total. The first-order valence-electron chi connectivity index (χ1n) is 6.11. The molecule has 1 saturated heterocycles. The highest BCUT2D eigenvalue weighted by atomic mass is 16.5. The Bertz CT molecular complexity index is 584. The van der Waals surface area contributed by atoms with Crippen molar-refractivity contribution in [2.24, 2.45) is 5.92 Å². The fourth-order valence-corrected chi connectivity index (χ4v) is 3.16. The van der Waals surface area contributed by atoms with Gasteiger partial charge in [0.15, 0.2) is 0 Å². The van der Waals surface area contributed by atoms with Gasteiger partial charge in [-0.2, -0.15) is 5.26 Å². The van der Waals surface area contributed by atoms with Crippen LogP contribution in [-0.4, -0.2) is 29.1 Å². The quantitative estimate of drug-likeness (QED) is 0.688. The fraction of sp³-hybridized carbons (Fsp3) is 0.462. The van der Waals surface area contributed by atoms with E-state index in [4.69, 9.17) is 15.1 Å². The van der Waals surface area contributed by atoms with E-state index < -0.39 is 17.4 Å². The molecule has 2 bridgehead atoms. The molecule has 6 heteroatoms. The zero-order valence-corrected chi connectivity index (χ0v) is 10.1. The van der Waals surface area contributed by atoms with Crippen LogP contribution >= 0.6 is 0 Å². The predicted octanol–water partition coefficient (Wildman–Crippen LogP) is -0.0917. The van der Waals surface area contributed by atoms with Crippen LogP contribution in [0.3, 0.4) is 0 Å². The molecule has 0 radical (unpaired) electrons. The largest absolute Gasteiger partial charge is 0.481 e. The number of nitriles is 1. The third-order valence-corrected chi connectivity index (χ3v) is 3.89. The van der Waals surface area contributed by atoms with Crippen molar-refractivity contribution in [3.8, 4) is 6.07 Å². The van der Waals surface area contributed by atoms with E-state index in [2.05, 4.69) is 5.32 Å². The van der Waals surface area contributed by atoms with E-state index >= 15 is 0 Å². The summed E-state index contributed by atoms with van der Waals surface area (Å²) < 4.78 is 5.78. The van der Waals surface area contributed by atoms with Crippen LogP contribution in [-0.2, 0) is 14.3 Å². The van der Waals surface area contributed by atoms with E-state index in [0.29, 0.717) is 24.2 Å². The van der Waals surface area contributed by atoms with Crippen LogP contribution in [0.15, 0.2) is 23.0 Å². The van der Waals surface area contributed by atoms with Crippen molar-refractivity contribution in [1.82, 2.24) is 5.32 Å². The highest BCUT2D eigenvalue weighted by molar-refractivity contribution is 6.17. The van der Waals surface area contributed by atoms with Crippen molar-refractivity contribution in [3.05, 3.63) is 23.0 Å². The van der Waals surface area contributed by atoms with Crippen LogP contribution in [0.25, 0.3) is 0 Å². The number of imide groups is 1. The van der Waals surface area contributed by atoms with Crippen LogP contribution in [0.4, 0.5) is 0 Å². The third kappa shape index (κ3) is 1.39. The number of rotatable bonds is 4. The van der Waals surface area contributed by atoms with E-state index in [9.17, 15) is 9.59 Å². The lowest BCUT2D eigenvalue weighted by Gasteiger charge is -2.32. The molecule has 98 valence electrons. The smallest absolute Gasteiger partial charge is 0.258 e. The number of amides is 2. The first kappa shape index (κ1) is 11.9. The Kier molecular flexibility index (Phi) is 2.47. The van der Waals surface area contributed by atoms with Crippen molar-refractivity contribution in [2.45, 2.75) is 24.9 Å². The summed E-state index contributed by atoms with van der Waals surface area (Å²) in [5, 5.41) is 20.2. The lowest BCUT2D eigenvalue weighted by atomic mass is 9.73. The predicted molar refractivity (Wildman–Crippen MR) is 62.1 cm³/mol. The molecule has 3 heterocycles. The Balaban J connectivity index is 2.06. The molecule has 3 aliphatic heterocycles. The van der Waals surface area contributed by atoms with E-state index in [-0.39, 0.29) is 18.9 Å². The minimum absolute atomic E-state index is 0.0611. The van der Waals surface area contributed by atoms with Crippen LogP contribution < -0.4 is 5.32 Å². The van der Waals surface area contributed by atoms with Gasteiger partial charge in [-0.05, 0) is 18.1 Å². The summed E-state index contributed by atoms with van der Waals surface area (Å²) in [6.45, 7) is -0.0611. The highest BCUT2D eigenvalue weighted by Gasteiger charge is 2.62. The number of nitrogens with one attached hydrogen (secondary N) is 1. The number of aliphatic hydroxyl groups excluding tert-OH is 1. The maximum atomic E-state index is 12.0. The SMILES string of the molecule is N#CCCC12OC(=C3C(=O)NC(=O)C31)C=C2CCO. The van der Waals surface area contributed by atoms with Gasteiger partial charge in [-0.1, -0.05) is 0 Å². The number of nitrogens with zero attached hydrogens (tertiary/aromatic N) is 1. The summed E-state index contributed by atoms with van der Waals surface area (Å²) in [4.78, 5) is 23.7. The maximum absolute atomic E-state index is 12.0. The Morgan fingerprint density at radius 2 is 2.32 bits per heavy atom. The molecular weight excluding hydrogens is 248 g/mol. The fourth-order valence-electron chi connectivity index (χ4n) is 3.16. The number of carbonyl (C=O) groups excluding carboxylic acids is 2. The van der Waals surface area contributed by atoms with Crippen molar-refractivity contribution in [1.29, 1.82) is 5.26 Å². The van der Waals surface area contributed by atoms with E-state index in [0.717, 1.165) is 5.57 Å². The molecule has 0 aromatic heterocycles. The second kappa shape index (κ2) is 3.93. The summed E-state index contributed by atoms with van der Waals surface area (Å²) in [6.07, 6.45) is 2.66. The van der Waals surface area contributed by atoms with Crippen molar-refractivity contribution in [2.75, 3.05) is 6.61 Å². The average molecular weight is 260 g/mol. The molecule has 2 amide bonds. The summed E-state index contributed by atoms with van der Waals surface area (Å²) in [5.41, 5.74) is 0.211. The maximum Gasteiger partial charge on any atom is 0.258 e. The van der Waals surface area contributed by atoms with Gasteiger partial charge in [0.2, 0.25) is 5.91 Å². The van der Waals surface area contributed by atoms with Crippen LogP contribution in [0.5, 0.6) is 0 Å². The average Bonchev–Trinajstić information content (AvgIpc) is 2.98. The molecule has 1 fully saturated rings. The molecule has 2 atom stereocenters. The molecule has 0 spiro atoms. The highest BCUT2D eigenvalue weighted by Crippen LogP contribution is 2.55. The second-order valence-electron chi connectivity index (χ2n) is 4.82. The monoisotopic (exact) mass is 260 g/mol. The van der Waals surface area contributed by atoms with E-state index in [1.54, 1.807) is 6.08 Å². The Morgan fingerprint density at radius 3 is 3.00 bits per heavy atom. The first-order valence-corrected chi connectivity index (χ1v) is 6.11. The molecule has 0 aromatic carbocycles. The first-order chi connectivity index (χ1) is 9.14. The number of carbonyl (C=O) groups is 2. The molecule has 0 saturated carbocycles. The molecular formula is C13H12N2O4. The van der Waals surface area contributed by atoms with Gasteiger partial charge in [0.25, 0.3) is 5.91 Å². The third-order valence-electron chi connectivity index (χ3n) is 3.89. The van der Waals surface area contributed by atoms with Crippen molar-refractivity contribution < 1.29 is 19.4 Å². The standard InChI is InChI=1S/C13H12N2O4/c14-4-1-3-13-7(2-5-16)6-8(19-13)9-10(13)12(18)15-11(9)17/h6,10,16H,1-3,5H2,(H,15,17,18). The molecule has 0 aromatic rings. The number of fused-ring (bicyclic) bond motifs is 4. The van der Waals surface area contributed by atoms with Crippen LogP contribution in [0, 0.1) is 17.2 Å². The number of allylic oxidation sites excluding steroid dienone is 1. The zero-order chi connectivity index (χ0) is 13.6. The minimum atomic E-state index is -0.945. The summed E-state index contributed by atoms with van der Waals surface area (Å²) in [7, 11) is 0. The lowest BCUT2D eigenvalue weighted by Crippen LogP contribution is -2.42. The van der Waals surface area contributed by atoms with Gasteiger partial charge >= 0.3 is 0 Å². The second-order valence-corrected chi connectivity index (χ2v) is 4.82. The molecule has 3 rings (SSSR count). The van der Waals surface area contributed by atoms with Crippen LogP contribution in [0.2, 0.25) is 0 Å². The molecule has 19 heavy (non-hydrogen) atoms. The van der Waals surface area contributed by atoms with Crippen molar-refractivity contribution in [3.63, 3.8) is 0 Å². The Morgan fingerprint density at radius 1 is 1.53 bits per heavy atom. The summed E-state index contributed by atoms with van der Waals surface area (Å²) >= 11 is 0. The Hall–Kier alpha value is -2.13. The lowest BCUT2D eigenvalue weighted by molar-refractivity contribution is -0.129. The van der Waals surface area contributed by atoms with Gasteiger partial charge in [-0.3, -0.25) is 14.9 Å². The molecule has 2 unspecified atom stereocenters. The summed E-state index contributed by atoms with van der Waals surface area (Å²) in [5.74, 6) is -1.05. The van der Waals surface area contributed by atoms with Gasteiger partial charge in [-0.25, -0.2) is 0 Å². The zero-order valence-electron chi connectivity index (χ0n) is 10.1. The minimum Gasteiger partial charge on any atom is -0.481 e. The van der Waals surface area contributed by atoms with Crippen LogP contribution in [0.1, 0.15) is 19.3 Å². The van der Waals surface area contributed by atoms with Gasteiger partial charge < -0.3 is 9.84 Å². The van der Waals surface area contributed by atoms with Crippen molar-refractivity contribution >= 4 is 11.8 Å². The van der Waals surface area contributed by atoms with Gasteiger partial charge in [0, 0.05) is 19.4 Å². The molecule has 0 aliphatic carbocycles. The van der Waals surface area contributed by atoms with E-state index in [1.807, 2.05) is 6.07 Å². The van der Waals surface area contributed by atoms with Gasteiger partial charge in [-0.15, -0.1) is 0 Å². The number of hydrogen-bond acceptors (Lipinski definition) is 5. The van der Waals surface area contributed by atoms with Gasteiger partial charge in [0.05, 0.1) is 11.6 Å². The topological polar surface area (TPSA) is 99.4 Å². The van der Waals surface area contributed by atoms with Gasteiger partial charge in [0.1, 0.15) is 17.3 Å². The number of ether oxygens (including phenoxy) is 1. The number of aliphatic hydroxyl groups is 1. The molecule has 3 aliphatic rings. The number of hydrogen-bond donors (Lipinski definition) is 2. The van der Waals surface area contributed by atoms with E-state index in [1.165, 1.54) is 0 Å². The summed E-state index contributed by atoms with van der Waals surface area (Å²) in [6, 6.07) is 2.04. The molecule has 2 N–H and O–H groups in total. The normalized spacial score (nSPS) is 30.9.